The number of rotatable bonds is 4. The second-order valence-electron chi connectivity index (χ2n) is 3.88. The first-order chi connectivity index (χ1) is 7.71. The Morgan fingerprint density at radius 3 is 3.19 bits per heavy atom. The van der Waals surface area contributed by atoms with Crippen LogP contribution in [0.4, 0.5) is 0 Å². The number of nitrogens with one attached hydrogen (secondary N) is 1. The number of aromatic nitrogens is 3. The van der Waals surface area contributed by atoms with E-state index in [1.807, 2.05) is 0 Å². The van der Waals surface area contributed by atoms with Crippen LogP contribution in [0.5, 0.6) is 0 Å². The van der Waals surface area contributed by atoms with Gasteiger partial charge in [0.1, 0.15) is 5.54 Å². The van der Waals surface area contributed by atoms with Gasteiger partial charge in [-0.15, -0.1) is 5.10 Å². The average molecular weight is 225 g/mol. The molecule has 16 heavy (non-hydrogen) atoms. The fourth-order valence-corrected chi connectivity index (χ4v) is 1.57. The topological polar surface area (TPSA) is 95.1 Å². The van der Waals surface area contributed by atoms with E-state index in [-0.39, 0.29) is 5.91 Å². The van der Waals surface area contributed by atoms with Gasteiger partial charge in [-0.3, -0.25) is 9.48 Å². The van der Waals surface area contributed by atoms with Crippen LogP contribution in [0.3, 0.4) is 0 Å². The van der Waals surface area contributed by atoms with Gasteiger partial charge in [-0.25, -0.2) is 0 Å². The molecule has 1 saturated heterocycles. The maximum atomic E-state index is 11.7. The van der Waals surface area contributed by atoms with Crippen LogP contribution in [0.25, 0.3) is 0 Å². The lowest BCUT2D eigenvalue weighted by molar-refractivity contribution is -0.126. The van der Waals surface area contributed by atoms with Crippen LogP contribution < -0.4 is 11.1 Å². The fourth-order valence-electron chi connectivity index (χ4n) is 1.57. The zero-order valence-electron chi connectivity index (χ0n) is 8.93. The van der Waals surface area contributed by atoms with E-state index >= 15 is 0 Å². The fraction of sp³-hybridized carbons (Fsp3) is 0.667. The molecule has 2 rings (SSSR count). The molecule has 3 N–H and O–H groups in total. The van der Waals surface area contributed by atoms with Gasteiger partial charge in [-0.2, -0.15) is 0 Å². The molecule has 1 atom stereocenters. The summed E-state index contributed by atoms with van der Waals surface area (Å²) in [5.41, 5.74) is 5.03. The number of ether oxygens (including phenoxy) is 1. The SMILES string of the molecule is NC1(C(=O)NCCn2ccnn2)CCOC1. The van der Waals surface area contributed by atoms with E-state index < -0.39 is 5.54 Å². The Morgan fingerprint density at radius 2 is 2.56 bits per heavy atom. The molecule has 1 aromatic heterocycles. The zero-order valence-corrected chi connectivity index (χ0v) is 8.93. The highest BCUT2D eigenvalue weighted by Gasteiger charge is 2.37. The van der Waals surface area contributed by atoms with Crippen molar-refractivity contribution in [2.75, 3.05) is 19.8 Å². The van der Waals surface area contributed by atoms with E-state index in [1.165, 1.54) is 0 Å². The van der Waals surface area contributed by atoms with E-state index in [0.717, 1.165) is 0 Å². The van der Waals surface area contributed by atoms with Crippen molar-refractivity contribution in [3.05, 3.63) is 12.4 Å². The molecule has 0 spiro atoms. The highest BCUT2D eigenvalue weighted by molar-refractivity contribution is 5.86. The third-order valence-electron chi connectivity index (χ3n) is 2.60. The molecule has 7 heteroatoms. The largest absolute Gasteiger partial charge is 0.379 e. The first kappa shape index (κ1) is 11.0. The van der Waals surface area contributed by atoms with Crippen LogP contribution in [0, 0.1) is 0 Å². The minimum atomic E-state index is -0.859. The molecule has 0 saturated carbocycles. The standard InChI is InChI=1S/C9H15N5O2/c10-9(1-6-16-7-9)8(15)11-2-4-14-5-3-12-13-14/h3,5H,1-2,4,6-7,10H2,(H,11,15). The van der Waals surface area contributed by atoms with Crippen molar-refractivity contribution in [2.24, 2.45) is 5.73 Å². The van der Waals surface area contributed by atoms with Gasteiger partial charge in [0.05, 0.1) is 19.3 Å². The van der Waals surface area contributed by atoms with Gasteiger partial charge < -0.3 is 15.8 Å². The third kappa shape index (κ3) is 2.37. The molecule has 1 fully saturated rings. The van der Waals surface area contributed by atoms with Crippen LogP contribution >= 0.6 is 0 Å². The average Bonchev–Trinajstić information content (AvgIpc) is 2.90. The number of amides is 1. The Bertz CT molecular complexity index is 345. The third-order valence-corrected chi connectivity index (χ3v) is 2.60. The highest BCUT2D eigenvalue weighted by atomic mass is 16.5. The molecule has 1 aliphatic heterocycles. The van der Waals surface area contributed by atoms with Gasteiger partial charge in [-0.1, -0.05) is 5.21 Å². The summed E-state index contributed by atoms with van der Waals surface area (Å²) in [5.74, 6) is -0.162. The Labute approximate surface area is 92.9 Å². The van der Waals surface area contributed by atoms with E-state index in [9.17, 15) is 4.79 Å². The summed E-state index contributed by atoms with van der Waals surface area (Å²) < 4.78 is 6.77. The predicted octanol–water partition coefficient (Wildman–Crippen LogP) is -1.49. The monoisotopic (exact) mass is 225 g/mol. The lowest BCUT2D eigenvalue weighted by Gasteiger charge is -2.20. The van der Waals surface area contributed by atoms with Gasteiger partial charge in [-0.05, 0) is 6.42 Å². The number of nitrogens with zero attached hydrogens (tertiary/aromatic N) is 3. The number of hydrogen-bond donors (Lipinski definition) is 2. The summed E-state index contributed by atoms with van der Waals surface area (Å²) in [5, 5.41) is 10.2. The van der Waals surface area contributed by atoms with Crippen molar-refractivity contribution in [3.8, 4) is 0 Å². The van der Waals surface area contributed by atoms with Gasteiger partial charge >= 0.3 is 0 Å². The first-order valence-electron chi connectivity index (χ1n) is 5.20. The van der Waals surface area contributed by atoms with Crippen molar-refractivity contribution in [2.45, 2.75) is 18.5 Å². The molecule has 1 unspecified atom stereocenters. The maximum Gasteiger partial charge on any atom is 0.242 e. The van der Waals surface area contributed by atoms with Crippen LogP contribution in [-0.4, -0.2) is 46.2 Å². The van der Waals surface area contributed by atoms with Crippen LogP contribution in [-0.2, 0) is 16.1 Å². The second-order valence-corrected chi connectivity index (χ2v) is 3.88. The van der Waals surface area contributed by atoms with E-state index in [1.54, 1.807) is 17.1 Å². The van der Waals surface area contributed by atoms with Crippen molar-refractivity contribution in [1.29, 1.82) is 0 Å². The van der Waals surface area contributed by atoms with Gasteiger partial charge in [0.25, 0.3) is 0 Å². The zero-order chi connectivity index (χ0) is 11.4. The molecule has 7 nitrogen and oxygen atoms in total. The molecule has 1 aliphatic rings. The Balaban J connectivity index is 1.75. The molecular weight excluding hydrogens is 210 g/mol. The van der Waals surface area contributed by atoms with Crippen LogP contribution in [0.2, 0.25) is 0 Å². The molecule has 2 heterocycles. The molecule has 0 aliphatic carbocycles. The van der Waals surface area contributed by atoms with E-state index in [0.29, 0.717) is 32.7 Å². The van der Waals surface area contributed by atoms with E-state index in [2.05, 4.69) is 15.6 Å². The summed E-state index contributed by atoms with van der Waals surface area (Å²) in [4.78, 5) is 11.7. The minimum absolute atomic E-state index is 0.162. The van der Waals surface area contributed by atoms with Crippen molar-refractivity contribution < 1.29 is 9.53 Å². The summed E-state index contributed by atoms with van der Waals surface area (Å²) in [6.07, 6.45) is 3.91. The maximum absolute atomic E-state index is 11.7. The van der Waals surface area contributed by atoms with Crippen molar-refractivity contribution >= 4 is 5.91 Å². The first-order valence-corrected chi connectivity index (χ1v) is 5.20. The number of nitrogens with two attached hydrogens (primary N) is 1. The smallest absolute Gasteiger partial charge is 0.242 e. The van der Waals surface area contributed by atoms with Crippen LogP contribution in [0.15, 0.2) is 12.4 Å². The Hall–Kier alpha value is -1.47. The summed E-state index contributed by atoms with van der Waals surface area (Å²) in [6, 6.07) is 0. The quantitative estimate of drug-likeness (QED) is 0.651. The molecule has 0 bridgehead atoms. The van der Waals surface area contributed by atoms with Gasteiger partial charge in [0.15, 0.2) is 0 Å². The minimum Gasteiger partial charge on any atom is -0.379 e. The second kappa shape index (κ2) is 4.58. The number of carbonyl (C=O) groups excluding carboxylic acids is 1. The number of hydrogen-bond acceptors (Lipinski definition) is 5. The molecule has 1 aromatic rings. The molecule has 1 amide bonds. The molecular formula is C9H15N5O2. The van der Waals surface area contributed by atoms with E-state index in [4.69, 9.17) is 10.5 Å². The summed E-state index contributed by atoms with van der Waals surface area (Å²) >= 11 is 0. The molecule has 88 valence electrons. The lowest BCUT2D eigenvalue weighted by atomic mass is 9.99. The van der Waals surface area contributed by atoms with Crippen molar-refractivity contribution in [1.82, 2.24) is 20.3 Å². The Morgan fingerprint density at radius 1 is 1.69 bits per heavy atom. The molecule has 0 aromatic carbocycles. The predicted molar refractivity (Wildman–Crippen MR) is 55.4 cm³/mol. The normalized spacial score (nSPS) is 24.6. The van der Waals surface area contributed by atoms with Crippen LogP contribution in [0.1, 0.15) is 6.42 Å². The molecule has 0 radical (unpaired) electrons. The number of carbonyl (C=O) groups is 1. The van der Waals surface area contributed by atoms with Crippen molar-refractivity contribution in [3.63, 3.8) is 0 Å². The summed E-state index contributed by atoms with van der Waals surface area (Å²) in [6.45, 7) is 1.92. The highest BCUT2D eigenvalue weighted by Crippen LogP contribution is 2.14. The van der Waals surface area contributed by atoms with Gasteiger partial charge in [0.2, 0.25) is 5.91 Å². The summed E-state index contributed by atoms with van der Waals surface area (Å²) in [7, 11) is 0. The lowest BCUT2D eigenvalue weighted by Crippen LogP contribution is -2.54. The Kier molecular flexibility index (Phi) is 3.16. The van der Waals surface area contributed by atoms with Gasteiger partial charge in [0, 0.05) is 19.3 Å².